The van der Waals surface area contributed by atoms with Gasteiger partial charge in [-0.25, -0.2) is 0 Å². The molecule has 0 unspecified atom stereocenters. The van der Waals surface area contributed by atoms with Crippen LogP contribution < -0.4 is 0 Å². The van der Waals surface area contributed by atoms with E-state index in [1.165, 1.54) is 4.88 Å². The zero-order chi connectivity index (χ0) is 9.73. The van der Waals surface area contributed by atoms with Crippen molar-refractivity contribution >= 4 is 11.3 Å². The Morgan fingerprint density at radius 1 is 1.38 bits per heavy atom. The highest BCUT2D eigenvalue weighted by Crippen LogP contribution is 2.27. The van der Waals surface area contributed by atoms with E-state index in [2.05, 4.69) is 0 Å². The molecule has 0 radical (unpaired) electrons. The quantitative estimate of drug-likeness (QED) is 0.759. The summed E-state index contributed by atoms with van der Waals surface area (Å²) in [6.07, 6.45) is 1.58. The van der Waals surface area contributed by atoms with Crippen molar-refractivity contribution < 1.29 is 10.2 Å². The summed E-state index contributed by atoms with van der Waals surface area (Å²) in [5, 5.41) is 20.5. The summed E-state index contributed by atoms with van der Waals surface area (Å²) >= 11 is 1.67. The lowest BCUT2D eigenvalue weighted by Gasteiger charge is -2.27. The molecule has 0 saturated carbocycles. The van der Waals surface area contributed by atoms with Gasteiger partial charge in [0, 0.05) is 10.3 Å². The molecule has 3 heteroatoms. The third kappa shape index (κ3) is 2.53. The van der Waals surface area contributed by atoms with Crippen molar-refractivity contribution in [3.05, 3.63) is 22.4 Å². The molecule has 0 spiro atoms. The Kier molecular flexibility index (Phi) is 3.90. The van der Waals surface area contributed by atoms with Gasteiger partial charge >= 0.3 is 0 Å². The van der Waals surface area contributed by atoms with E-state index in [4.69, 9.17) is 0 Å². The fraction of sp³-hybridized carbons (Fsp3) is 0.600. The molecule has 0 aliphatic carbocycles. The molecule has 1 aromatic heterocycles. The molecule has 1 aromatic rings. The molecular weight excluding hydrogens is 184 g/mol. The molecule has 0 aromatic carbocycles. The lowest BCUT2D eigenvalue weighted by Crippen LogP contribution is -2.31. The maximum atomic E-state index is 9.22. The highest BCUT2D eigenvalue weighted by molar-refractivity contribution is 7.09. The molecular formula is C10H16O2S. The van der Waals surface area contributed by atoms with Crippen molar-refractivity contribution in [1.82, 2.24) is 0 Å². The van der Waals surface area contributed by atoms with Crippen LogP contribution in [-0.2, 0) is 6.42 Å². The summed E-state index contributed by atoms with van der Waals surface area (Å²) in [5.74, 6) is 0. The van der Waals surface area contributed by atoms with E-state index >= 15 is 0 Å². The minimum atomic E-state index is -0.329. The van der Waals surface area contributed by atoms with Crippen LogP contribution in [0, 0.1) is 5.41 Å². The number of aliphatic hydroxyl groups is 2. The molecule has 2 nitrogen and oxygen atoms in total. The van der Waals surface area contributed by atoms with E-state index < -0.39 is 0 Å². The lowest BCUT2D eigenvalue weighted by atomic mass is 9.83. The molecule has 0 aliphatic rings. The van der Waals surface area contributed by atoms with Crippen molar-refractivity contribution in [3.8, 4) is 0 Å². The van der Waals surface area contributed by atoms with Crippen molar-refractivity contribution in [1.29, 1.82) is 0 Å². The van der Waals surface area contributed by atoms with Crippen LogP contribution in [0.25, 0.3) is 0 Å². The Bertz CT molecular complexity index is 219. The maximum Gasteiger partial charge on any atom is 0.0512 e. The first-order valence-corrected chi connectivity index (χ1v) is 5.38. The van der Waals surface area contributed by atoms with Gasteiger partial charge in [-0.3, -0.25) is 0 Å². The van der Waals surface area contributed by atoms with E-state index in [0.717, 1.165) is 12.8 Å². The van der Waals surface area contributed by atoms with Gasteiger partial charge < -0.3 is 10.2 Å². The molecule has 1 rings (SSSR count). The Hall–Kier alpha value is -0.380. The average molecular weight is 200 g/mol. The summed E-state index contributed by atoms with van der Waals surface area (Å²) in [5.41, 5.74) is -0.329. The van der Waals surface area contributed by atoms with E-state index in [9.17, 15) is 10.2 Å². The van der Waals surface area contributed by atoms with Crippen LogP contribution in [0.4, 0.5) is 0 Å². The summed E-state index contributed by atoms with van der Waals surface area (Å²) in [7, 11) is 0. The van der Waals surface area contributed by atoms with Gasteiger partial charge in [-0.1, -0.05) is 13.0 Å². The molecule has 2 N–H and O–H groups in total. The lowest BCUT2D eigenvalue weighted by molar-refractivity contribution is 0.0521. The molecule has 74 valence electrons. The fourth-order valence-corrected chi connectivity index (χ4v) is 2.17. The number of hydrogen-bond acceptors (Lipinski definition) is 3. The zero-order valence-corrected chi connectivity index (χ0v) is 8.68. The first kappa shape index (κ1) is 10.7. The predicted molar refractivity (Wildman–Crippen MR) is 54.9 cm³/mol. The average Bonchev–Trinajstić information content (AvgIpc) is 2.67. The Morgan fingerprint density at radius 3 is 2.46 bits per heavy atom. The van der Waals surface area contributed by atoms with E-state index in [1.807, 2.05) is 24.4 Å². The molecule has 0 saturated heterocycles. The highest BCUT2D eigenvalue weighted by atomic mass is 32.1. The van der Waals surface area contributed by atoms with Gasteiger partial charge in [-0.2, -0.15) is 0 Å². The standard InChI is InChI=1S/C10H16O2S/c1-2-10(7-11,8-12)6-9-4-3-5-13-9/h3-5,11-12H,2,6-8H2,1H3. The van der Waals surface area contributed by atoms with Gasteiger partial charge in [-0.05, 0) is 24.3 Å². The predicted octanol–water partition coefficient (Wildman–Crippen LogP) is 1.67. The monoisotopic (exact) mass is 200 g/mol. The van der Waals surface area contributed by atoms with Crippen LogP contribution in [0.1, 0.15) is 18.2 Å². The Balaban J connectivity index is 2.67. The maximum absolute atomic E-state index is 9.22. The van der Waals surface area contributed by atoms with E-state index in [0.29, 0.717) is 0 Å². The van der Waals surface area contributed by atoms with Gasteiger partial charge in [0.25, 0.3) is 0 Å². The number of aliphatic hydroxyl groups excluding tert-OH is 2. The minimum Gasteiger partial charge on any atom is -0.396 e. The second kappa shape index (κ2) is 4.74. The van der Waals surface area contributed by atoms with Gasteiger partial charge in [0.15, 0.2) is 0 Å². The van der Waals surface area contributed by atoms with Crippen LogP contribution in [0.5, 0.6) is 0 Å². The normalized spacial score (nSPS) is 11.9. The van der Waals surface area contributed by atoms with Gasteiger partial charge in [0.05, 0.1) is 13.2 Å². The van der Waals surface area contributed by atoms with Gasteiger partial charge in [-0.15, -0.1) is 11.3 Å². The van der Waals surface area contributed by atoms with E-state index in [1.54, 1.807) is 11.3 Å². The number of hydrogen-bond donors (Lipinski definition) is 2. The summed E-state index contributed by atoms with van der Waals surface area (Å²) < 4.78 is 0. The first-order chi connectivity index (χ1) is 6.26. The molecule has 13 heavy (non-hydrogen) atoms. The third-order valence-electron chi connectivity index (χ3n) is 2.55. The van der Waals surface area contributed by atoms with Crippen molar-refractivity contribution in [2.24, 2.45) is 5.41 Å². The largest absolute Gasteiger partial charge is 0.396 e. The number of rotatable bonds is 5. The van der Waals surface area contributed by atoms with Crippen molar-refractivity contribution in [3.63, 3.8) is 0 Å². The minimum absolute atomic E-state index is 0.0535. The zero-order valence-electron chi connectivity index (χ0n) is 7.86. The van der Waals surface area contributed by atoms with Crippen molar-refractivity contribution in [2.45, 2.75) is 19.8 Å². The summed E-state index contributed by atoms with van der Waals surface area (Å²) in [6, 6.07) is 4.04. The van der Waals surface area contributed by atoms with Crippen LogP contribution >= 0.6 is 11.3 Å². The summed E-state index contributed by atoms with van der Waals surface area (Å²) in [4.78, 5) is 1.23. The SMILES string of the molecule is CCC(CO)(CO)Cc1cccs1. The van der Waals surface area contributed by atoms with E-state index in [-0.39, 0.29) is 18.6 Å². The third-order valence-corrected chi connectivity index (χ3v) is 3.43. The first-order valence-electron chi connectivity index (χ1n) is 4.50. The van der Waals surface area contributed by atoms with Crippen LogP contribution in [0.3, 0.4) is 0 Å². The van der Waals surface area contributed by atoms with Crippen LogP contribution in [0.15, 0.2) is 17.5 Å². The molecule has 0 bridgehead atoms. The molecule has 1 heterocycles. The van der Waals surface area contributed by atoms with Crippen molar-refractivity contribution in [2.75, 3.05) is 13.2 Å². The topological polar surface area (TPSA) is 40.5 Å². The second-order valence-electron chi connectivity index (χ2n) is 3.43. The Labute approximate surface area is 82.8 Å². The second-order valence-corrected chi connectivity index (χ2v) is 4.46. The molecule has 0 fully saturated rings. The summed E-state index contributed by atoms with van der Waals surface area (Å²) in [6.45, 7) is 2.11. The van der Waals surface area contributed by atoms with Crippen LogP contribution in [-0.4, -0.2) is 23.4 Å². The molecule has 0 atom stereocenters. The smallest absolute Gasteiger partial charge is 0.0512 e. The van der Waals surface area contributed by atoms with Gasteiger partial charge in [0.1, 0.15) is 0 Å². The number of thiophene rings is 1. The van der Waals surface area contributed by atoms with Crippen LogP contribution in [0.2, 0.25) is 0 Å². The molecule has 0 aliphatic heterocycles. The Morgan fingerprint density at radius 2 is 2.08 bits per heavy atom. The fourth-order valence-electron chi connectivity index (χ4n) is 1.29. The van der Waals surface area contributed by atoms with Gasteiger partial charge in [0.2, 0.25) is 0 Å². The molecule has 0 amide bonds. The highest BCUT2D eigenvalue weighted by Gasteiger charge is 2.27.